The van der Waals surface area contributed by atoms with Crippen molar-refractivity contribution in [2.24, 2.45) is 0 Å². The fourth-order valence-electron chi connectivity index (χ4n) is 2.16. The van der Waals surface area contributed by atoms with Crippen LogP contribution in [0.15, 0.2) is 52.5 Å². The minimum atomic E-state index is -0.572. The zero-order valence-electron chi connectivity index (χ0n) is 14.9. The van der Waals surface area contributed by atoms with Gasteiger partial charge in [-0.2, -0.15) is 5.26 Å². The summed E-state index contributed by atoms with van der Waals surface area (Å²) >= 11 is 3.36. The van der Waals surface area contributed by atoms with E-state index in [1.165, 1.54) is 25.3 Å². The van der Waals surface area contributed by atoms with Crippen LogP contribution in [0.3, 0.4) is 0 Å². The summed E-state index contributed by atoms with van der Waals surface area (Å²) in [5.41, 5.74) is 1.35. The highest BCUT2D eigenvalue weighted by molar-refractivity contribution is 9.10. The van der Waals surface area contributed by atoms with E-state index in [-0.39, 0.29) is 12.2 Å². The Labute approximate surface area is 170 Å². The van der Waals surface area contributed by atoms with Crippen LogP contribution in [-0.4, -0.2) is 25.6 Å². The average molecular weight is 439 g/mol. The minimum absolute atomic E-state index is 0.0822. The van der Waals surface area contributed by atoms with Gasteiger partial charge in [0.1, 0.15) is 24.0 Å². The zero-order chi connectivity index (χ0) is 20.5. The van der Waals surface area contributed by atoms with Gasteiger partial charge in [-0.3, -0.25) is 4.79 Å². The van der Waals surface area contributed by atoms with Gasteiger partial charge in [-0.15, -0.1) is 6.42 Å². The van der Waals surface area contributed by atoms with Gasteiger partial charge in [-0.1, -0.05) is 12.0 Å². The number of rotatable bonds is 6. The lowest BCUT2D eigenvalue weighted by Crippen LogP contribution is -2.13. The van der Waals surface area contributed by atoms with Gasteiger partial charge in [0.15, 0.2) is 0 Å². The van der Waals surface area contributed by atoms with Crippen molar-refractivity contribution in [1.82, 2.24) is 0 Å². The number of esters is 1. The molecular formula is C21H15BrN2O4. The van der Waals surface area contributed by atoms with E-state index < -0.39 is 11.9 Å². The first-order chi connectivity index (χ1) is 13.5. The van der Waals surface area contributed by atoms with Crippen LogP contribution in [0.5, 0.6) is 5.75 Å². The highest BCUT2D eigenvalue weighted by atomic mass is 79.9. The lowest BCUT2D eigenvalue weighted by atomic mass is 10.1. The molecule has 0 saturated heterocycles. The van der Waals surface area contributed by atoms with Crippen molar-refractivity contribution < 1.29 is 19.1 Å². The van der Waals surface area contributed by atoms with Gasteiger partial charge in [0.05, 0.1) is 17.1 Å². The second-order valence-electron chi connectivity index (χ2n) is 5.38. The Balaban J connectivity index is 2.15. The highest BCUT2D eigenvalue weighted by Gasteiger charge is 2.11. The summed E-state index contributed by atoms with van der Waals surface area (Å²) in [5, 5.41) is 11.9. The molecule has 0 aliphatic rings. The maximum absolute atomic E-state index is 12.4. The maximum atomic E-state index is 12.4. The lowest BCUT2D eigenvalue weighted by Gasteiger charge is -2.07. The van der Waals surface area contributed by atoms with Crippen LogP contribution in [-0.2, 0) is 9.53 Å². The third-order valence-corrected chi connectivity index (χ3v) is 4.13. The van der Waals surface area contributed by atoms with Crippen LogP contribution in [0.2, 0.25) is 0 Å². The molecule has 0 bridgehead atoms. The molecule has 0 atom stereocenters. The van der Waals surface area contributed by atoms with Gasteiger partial charge in [-0.25, -0.2) is 4.79 Å². The number of hydrogen-bond acceptors (Lipinski definition) is 5. The third-order valence-electron chi connectivity index (χ3n) is 3.51. The van der Waals surface area contributed by atoms with Crippen molar-refractivity contribution in [3.05, 3.63) is 63.6 Å². The molecule has 0 unspecified atom stereocenters. The number of benzene rings is 2. The van der Waals surface area contributed by atoms with Gasteiger partial charge in [0.2, 0.25) is 0 Å². The van der Waals surface area contributed by atoms with Crippen molar-refractivity contribution in [2.45, 2.75) is 0 Å². The van der Waals surface area contributed by atoms with Crippen molar-refractivity contribution in [1.29, 1.82) is 5.26 Å². The molecule has 140 valence electrons. The van der Waals surface area contributed by atoms with Crippen molar-refractivity contribution >= 4 is 39.6 Å². The Morgan fingerprint density at radius 1 is 1.25 bits per heavy atom. The minimum Gasteiger partial charge on any atom is -0.480 e. The number of ether oxygens (including phenoxy) is 2. The Kier molecular flexibility index (Phi) is 7.38. The molecule has 1 amide bonds. The summed E-state index contributed by atoms with van der Waals surface area (Å²) in [5.74, 6) is 1.88. The van der Waals surface area contributed by atoms with Gasteiger partial charge < -0.3 is 14.8 Å². The molecule has 2 aromatic rings. The number of hydrogen-bond donors (Lipinski definition) is 1. The van der Waals surface area contributed by atoms with Gasteiger partial charge in [0.25, 0.3) is 5.91 Å². The van der Waals surface area contributed by atoms with Gasteiger partial charge in [0, 0.05) is 5.69 Å². The van der Waals surface area contributed by atoms with E-state index in [0.717, 1.165) is 0 Å². The molecule has 6 nitrogen and oxygen atoms in total. The van der Waals surface area contributed by atoms with Crippen LogP contribution in [0.25, 0.3) is 6.08 Å². The van der Waals surface area contributed by atoms with Crippen LogP contribution < -0.4 is 10.1 Å². The molecular weight excluding hydrogens is 424 g/mol. The zero-order valence-corrected chi connectivity index (χ0v) is 16.4. The SMILES string of the molecule is C#CCOc1ccc(/C=C(\C#N)C(=O)Nc2ccc(C(=O)OC)cc2)cc1Br. The van der Waals surface area contributed by atoms with E-state index in [0.29, 0.717) is 27.0 Å². The smallest absolute Gasteiger partial charge is 0.337 e. The van der Waals surface area contributed by atoms with Crippen LogP contribution in [0, 0.1) is 23.7 Å². The number of nitrogens with one attached hydrogen (secondary N) is 1. The number of carbonyl (C=O) groups is 2. The summed E-state index contributed by atoms with van der Waals surface area (Å²) < 4.78 is 10.6. The predicted molar refractivity (Wildman–Crippen MR) is 108 cm³/mol. The highest BCUT2D eigenvalue weighted by Crippen LogP contribution is 2.27. The summed E-state index contributed by atoms with van der Waals surface area (Å²) in [6.45, 7) is 0.133. The molecule has 2 rings (SSSR count). The molecule has 0 fully saturated rings. The first kappa shape index (κ1) is 20.8. The molecule has 28 heavy (non-hydrogen) atoms. The molecule has 1 N–H and O–H groups in total. The average Bonchev–Trinajstić information content (AvgIpc) is 2.71. The normalized spacial score (nSPS) is 10.4. The molecule has 0 radical (unpaired) electrons. The molecule has 0 aliphatic heterocycles. The molecule has 0 aromatic heterocycles. The third kappa shape index (κ3) is 5.47. The molecule has 0 aliphatic carbocycles. The first-order valence-corrected chi connectivity index (χ1v) is 8.75. The molecule has 7 heteroatoms. The number of methoxy groups -OCH3 is 1. The summed E-state index contributed by atoms with van der Waals surface area (Å²) in [7, 11) is 1.29. The Bertz CT molecular complexity index is 999. The second-order valence-corrected chi connectivity index (χ2v) is 6.23. The lowest BCUT2D eigenvalue weighted by molar-refractivity contribution is -0.112. The number of terminal acetylenes is 1. The molecule has 0 heterocycles. The van der Waals surface area contributed by atoms with E-state index >= 15 is 0 Å². The second kappa shape index (κ2) is 9.96. The Hall–Kier alpha value is -3.55. The van der Waals surface area contributed by atoms with E-state index in [9.17, 15) is 14.9 Å². The number of carbonyl (C=O) groups excluding carboxylic acids is 2. The summed E-state index contributed by atoms with van der Waals surface area (Å²) in [4.78, 5) is 23.8. The van der Waals surface area contributed by atoms with Gasteiger partial charge >= 0.3 is 5.97 Å². The van der Waals surface area contributed by atoms with E-state index in [2.05, 4.69) is 31.9 Å². The number of amides is 1. The molecule has 0 spiro atoms. The fraction of sp³-hybridized carbons (Fsp3) is 0.0952. The molecule has 0 saturated carbocycles. The summed E-state index contributed by atoms with van der Waals surface area (Å²) in [6, 6.07) is 13.1. The standard InChI is InChI=1S/C21H15BrN2O4/c1-3-10-28-19-9-4-14(12-18(19)22)11-16(13-23)20(25)24-17-7-5-15(6-8-17)21(26)27-2/h1,4-9,11-12H,10H2,2H3,(H,24,25)/b16-11+. The van der Waals surface area contributed by atoms with Crippen LogP contribution >= 0.6 is 15.9 Å². The number of nitrogens with zero attached hydrogens (tertiary/aromatic N) is 1. The van der Waals surface area contributed by atoms with Crippen molar-refractivity contribution in [3.8, 4) is 24.2 Å². The van der Waals surface area contributed by atoms with Crippen molar-refractivity contribution in [3.63, 3.8) is 0 Å². The van der Waals surface area contributed by atoms with E-state index in [4.69, 9.17) is 11.2 Å². The Morgan fingerprint density at radius 2 is 1.96 bits per heavy atom. The number of nitriles is 1. The Morgan fingerprint density at radius 3 is 2.54 bits per heavy atom. The van der Waals surface area contributed by atoms with Crippen LogP contribution in [0.4, 0.5) is 5.69 Å². The number of anilines is 1. The topological polar surface area (TPSA) is 88.4 Å². The first-order valence-electron chi connectivity index (χ1n) is 7.95. The molecule has 2 aromatic carbocycles. The van der Waals surface area contributed by atoms with E-state index in [1.54, 1.807) is 30.3 Å². The quantitative estimate of drug-likeness (QED) is 0.320. The fourth-order valence-corrected chi connectivity index (χ4v) is 2.68. The monoisotopic (exact) mass is 438 g/mol. The van der Waals surface area contributed by atoms with E-state index in [1.807, 2.05) is 6.07 Å². The van der Waals surface area contributed by atoms with Crippen molar-refractivity contribution in [2.75, 3.05) is 19.0 Å². The van der Waals surface area contributed by atoms with Crippen LogP contribution in [0.1, 0.15) is 15.9 Å². The van der Waals surface area contributed by atoms with Gasteiger partial charge in [-0.05, 0) is 64.0 Å². The summed E-state index contributed by atoms with van der Waals surface area (Å²) in [6.07, 6.45) is 6.62. The number of halogens is 1. The maximum Gasteiger partial charge on any atom is 0.337 e. The largest absolute Gasteiger partial charge is 0.480 e. The predicted octanol–water partition coefficient (Wildman–Crippen LogP) is 3.79.